The number of nitrogen functional groups attached to an aromatic ring is 1. The second kappa shape index (κ2) is 7.33. The number of hydrogen-bond donors (Lipinski definition) is 3. The van der Waals surface area contributed by atoms with E-state index >= 15 is 0 Å². The Kier molecular flexibility index (Phi) is 6.00. The van der Waals surface area contributed by atoms with E-state index in [9.17, 15) is 0 Å². The maximum absolute atomic E-state index is 8.50. The summed E-state index contributed by atoms with van der Waals surface area (Å²) < 4.78 is 5.13. The molecule has 16 heavy (non-hydrogen) atoms. The van der Waals surface area contributed by atoms with Crippen molar-refractivity contribution < 1.29 is 9.84 Å². The molecule has 0 aliphatic carbocycles. The molecule has 1 aromatic carbocycles. The SMILES string of the molecule is Nc1cccc(Cl)c1NCCCOCCO. The predicted molar refractivity (Wildman–Crippen MR) is 66.9 cm³/mol. The minimum atomic E-state index is 0.0604. The first-order valence-electron chi connectivity index (χ1n) is 5.22. The van der Waals surface area contributed by atoms with Crippen LogP contribution in [0.2, 0.25) is 5.02 Å². The van der Waals surface area contributed by atoms with Gasteiger partial charge in [-0.25, -0.2) is 0 Å². The fourth-order valence-corrected chi connectivity index (χ4v) is 1.53. The van der Waals surface area contributed by atoms with Gasteiger partial charge in [0.05, 0.1) is 29.6 Å². The van der Waals surface area contributed by atoms with Crippen LogP contribution in [0, 0.1) is 0 Å². The normalized spacial score (nSPS) is 10.4. The zero-order valence-corrected chi connectivity index (χ0v) is 9.83. The summed E-state index contributed by atoms with van der Waals surface area (Å²) in [6.45, 7) is 1.79. The van der Waals surface area contributed by atoms with Gasteiger partial charge in [-0.15, -0.1) is 0 Å². The van der Waals surface area contributed by atoms with Crippen molar-refractivity contribution in [2.45, 2.75) is 6.42 Å². The van der Waals surface area contributed by atoms with Crippen LogP contribution in [0.25, 0.3) is 0 Å². The van der Waals surface area contributed by atoms with Crippen LogP contribution < -0.4 is 11.1 Å². The van der Waals surface area contributed by atoms with E-state index in [-0.39, 0.29) is 6.61 Å². The molecular formula is C11H17ClN2O2. The molecule has 0 bridgehead atoms. The lowest BCUT2D eigenvalue weighted by molar-refractivity contribution is 0.0922. The summed E-state index contributed by atoms with van der Waals surface area (Å²) in [5.74, 6) is 0. The van der Waals surface area contributed by atoms with Gasteiger partial charge in [0.15, 0.2) is 0 Å². The summed E-state index contributed by atoms with van der Waals surface area (Å²) in [4.78, 5) is 0. The molecule has 90 valence electrons. The monoisotopic (exact) mass is 244 g/mol. The maximum Gasteiger partial charge on any atom is 0.0763 e. The molecule has 0 fully saturated rings. The fraction of sp³-hybridized carbons (Fsp3) is 0.455. The number of halogens is 1. The largest absolute Gasteiger partial charge is 0.397 e. The smallest absolute Gasteiger partial charge is 0.0763 e. The highest BCUT2D eigenvalue weighted by atomic mass is 35.5. The van der Waals surface area contributed by atoms with Crippen LogP contribution in [0.3, 0.4) is 0 Å². The van der Waals surface area contributed by atoms with Crippen LogP contribution in [0.1, 0.15) is 6.42 Å². The highest BCUT2D eigenvalue weighted by Gasteiger charge is 2.02. The van der Waals surface area contributed by atoms with Crippen LogP contribution >= 0.6 is 11.6 Å². The summed E-state index contributed by atoms with van der Waals surface area (Å²) >= 11 is 5.99. The van der Waals surface area contributed by atoms with Crippen molar-refractivity contribution in [1.82, 2.24) is 0 Å². The molecule has 0 radical (unpaired) electrons. The van der Waals surface area contributed by atoms with Crippen LogP contribution in [0.4, 0.5) is 11.4 Å². The highest BCUT2D eigenvalue weighted by molar-refractivity contribution is 6.33. The summed E-state index contributed by atoms with van der Waals surface area (Å²) in [7, 11) is 0. The third-order valence-corrected chi connectivity index (χ3v) is 2.36. The molecular weight excluding hydrogens is 228 g/mol. The van der Waals surface area contributed by atoms with Crippen molar-refractivity contribution in [3.8, 4) is 0 Å². The number of aliphatic hydroxyl groups excluding tert-OH is 1. The van der Waals surface area contributed by atoms with E-state index in [1.807, 2.05) is 6.07 Å². The third-order valence-electron chi connectivity index (χ3n) is 2.05. The van der Waals surface area contributed by atoms with Crippen LogP contribution in [-0.4, -0.2) is 31.5 Å². The van der Waals surface area contributed by atoms with Crippen molar-refractivity contribution in [1.29, 1.82) is 0 Å². The van der Waals surface area contributed by atoms with Crippen molar-refractivity contribution >= 4 is 23.0 Å². The third kappa shape index (κ3) is 4.26. The van der Waals surface area contributed by atoms with E-state index in [1.54, 1.807) is 12.1 Å². The topological polar surface area (TPSA) is 67.5 Å². The summed E-state index contributed by atoms with van der Waals surface area (Å²) in [6, 6.07) is 5.41. The zero-order chi connectivity index (χ0) is 11.8. The Balaban J connectivity index is 2.26. The molecule has 0 amide bonds. The highest BCUT2D eigenvalue weighted by Crippen LogP contribution is 2.27. The lowest BCUT2D eigenvalue weighted by atomic mass is 10.2. The molecule has 0 aromatic heterocycles. The first kappa shape index (κ1) is 13.1. The maximum atomic E-state index is 8.50. The van der Waals surface area contributed by atoms with Crippen LogP contribution in [0.15, 0.2) is 18.2 Å². The van der Waals surface area contributed by atoms with Gasteiger partial charge in [-0.05, 0) is 18.6 Å². The number of anilines is 2. The zero-order valence-electron chi connectivity index (χ0n) is 9.08. The lowest BCUT2D eigenvalue weighted by Gasteiger charge is -2.10. The molecule has 0 aliphatic rings. The first-order chi connectivity index (χ1) is 7.75. The molecule has 0 saturated carbocycles. The van der Waals surface area contributed by atoms with Gasteiger partial charge < -0.3 is 20.9 Å². The number of nitrogens with two attached hydrogens (primary N) is 1. The Morgan fingerprint density at radius 3 is 2.88 bits per heavy atom. The first-order valence-corrected chi connectivity index (χ1v) is 5.60. The van der Waals surface area contributed by atoms with Crippen molar-refractivity contribution in [2.75, 3.05) is 37.4 Å². The standard InChI is InChI=1S/C11H17ClN2O2/c12-9-3-1-4-10(13)11(9)14-5-2-7-16-8-6-15/h1,3-4,14-15H,2,5-8,13H2. The fourth-order valence-electron chi connectivity index (χ4n) is 1.28. The van der Waals surface area contributed by atoms with E-state index in [0.717, 1.165) is 18.7 Å². The molecule has 0 heterocycles. The molecule has 1 rings (SSSR count). The minimum Gasteiger partial charge on any atom is -0.397 e. The van der Waals surface area contributed by atoms with Crippen molar-refractivity contribution in [2.24, 2.45) is 0 Å². The molecule has 1 aromatic rings. The molecule has 5 heteroatoms. The molecule has 0 atom stereocenters. The predicted octanol–water partition coefficient (Wildman–Crippen LogP) is 1.73. The Morgan fingerprint density at radius 1 is 1.38 bits per heavy atom. The average molecular weight is 245 g/mol. The summed E-state index contributed by atoms with van der Waals surface area (Å²) in [5, 5.41) is 12.3. The van der Waals surface area contributed by atoms with E-state index in [2.05, 4.69) is 5.32 Å². The minimum absolute atomic E-state index is 0.0604. The molecule has 0 spiro atoms. The number of hydrogen-bond acceptors (Lipinski definition) is 4. The Labute approximate surface area is 100 Å². The summed E-state index contributed by atoms with van der Waals surface area (Å²) in [5.41, 5.74) is 7.18. The molecule has 0 unspecified atom stereocenters. The Hall–Kier alpha value is -0.970. The molecule has 4 N–H and O–H groups in total. The van der Waals surface area contributed by atoms with Gasteiger partial charge in [0, 0.05) is 13.2 Å². The second-order valence-electron chi connectivity index (χ2n) is 3.32. The number of nitrogens with one attached hydrogen (secondary N) is 1. The van der Waals surface area contributed by atoms with Crippen molar-refractivity contribution in [3.63, 3.8) is 0 Å². The van der Waals surface area contributed by atoms with Gasteiger partial charge in [0.2, 0.25) is 0 Å². The van der Waals surface area contributed by atoms with Gasteiger partial charge >= 0.3 is 0 Å². The van der Waals surface area contributed by atoms with Gasteiger partial charge in [-0.1, -0.05) is 17.7 Å². The van der Waals surface area contributed by atoms with E-state index < -0.39 is 0 Å². The second-order valence-corrected chi connectivity index (χ2v) is 3.73. The number of rotatable bonds is 7. The molecule has 0 aliphatic heterocycles. The van der Waals surface area contributed by atoms with Crippen LogP contribution in [-0.2, 0) is 4.74 Å². The average Bonchev–Trinajstić information content (AvgIpc) is 2.26. The van der Waals surface area contributed by atoms with E-state index in [0.29, 0.717) is 23.9 Å². The van der Waals surface area contributed by atoms with Crippen LogP contribution in [0.5, 0.6) is 0 Å². The Bertz CT molecular complexity index is 301. The van der Waals surface area contributed by atoms with E-state index in [4.69, 9.17) is 27.2 Å². The van der Waals surface area contributed by atoms with Crippen molar-refractivity contribution in [3.05, 3.63) is 23.2 Å². The number of para-hydroxylation sites is 1. The van der Waals surface area contributed by atoms with Gasteiger partial charge in [0.1, 0.15) is 0 Å². The Morgan fingerprint density at radius 2 is 2.19 bits per heavy atom. The van der Waals surface area contributed by atoms with Gasteiger partial charge in [-0.3, -0.25) is 0 Å². The lowest BCUT2D eigenvalue weighted by Crippen LogP contribution is -2.09. The number of ether oxygens (including phenoxy) is 1. The number of aliphatic hydroxyl groups is 1. The summed E-state index contributed by atoms with van der Waals surface area (Å²) in [6.07, 6.45) is 0.838. The van der Waals surface area contributed by atoms with Gasteiger partial charge in [-0.2, -0.15) is 0 Å². The van der Waals surface area contributed by atoms with Gasteiger partial charge in [0.25, 0.3) is 0 Å². The quantitative estimate of drug-likeness (QED) is 0.505. The number of benzene rings is 1. The molecule has 4 nitrogen and oxygen atoms in total. The van der Waals surface area contributed by atoms with E-state index in [1.165, 1.54) is 0 Å². The molecule has 0 saturated heterocycles.